The predicted molar refractivity (Wildman–Crippen MR) is 94.1 cm³/mol. The monoisotopic (exact) mass is 363 g/mol. The van der Waals surface area contributed by atoms with Gasteiger partial charge in [-0.05, 0) is 41.6 Å². The first kappa shape index (κ1) is 15.4. The van der Waals surface area contributed by atoms with Gasteiger partial charge in [-0.15, -0.1) is 0 Å². The van der Waals surface area contributed by atoms with Crippen LogP contribution in [0.2, 0.25) is 0 Å². The van der Waals surface area contributed by atoms with Crippen LogP contribution in [0.3, 0.4) is 0 Å². The van der Waals surface area contributed by atoms with E-state index in [-0.39, 0.29) is 0 Å². The summed E-state index contributed by atoms with van der Waals surface area (Å²) in [7, 11) is 0. The number of nitrogens with zero attached hydrogens (tertiary/aromatic N) is 1. The first-order chi connectivity index (χ1) is 12.6. The molecule has 0 radical (unpaired) electrons. The van der Waals surface area contributed by atoms with Gasteiger partial charge in [-0.25, -0.2) is 4.79 Å². The third-order valence-corrected chi connectivity index (χ3v) is 5.54. The molecule has 0 spiro atoms. The predicted octanol–water partition coefficient (Wildman–Crippen LogP) is 3.79. The minimum Gasteiger partial charge on any atom is -0.457 e. The molecule has 0 saturated heterocycles. The molecule has 5 nitrogen and oxygen atoms in total. The summed E-state index contributed by atoms with van der Waals surface area (Å²) in [6, 6.07) is 11.3. The van der Waals surface area contributed by atoms with Crippen LogP contribution in [-0.4, -0.2) is 0 Å². The number of nitriles is 1. The SMILES string of the molecule is Cc1cc2c(c(=O)o1)C1O[C@](c3ccsc3)(Cc3cc(C#N)ccc31)O2. The van der Waals surface area contributed by atoms with E-state index < -0.39 is 17.5 Å². The van der Waals surface area contributed by atoms with Crippen molar-refractivity contribution in [2.24, 2.45) is 0 Å². The molecule has 1 unspecified atom stereocenters. The zero-order valence-electron chi connectivity index (χ0n) is 13.8. The Morgan fingerprint density at radius 2 is 2.19 bits per heavy atom. The topological polar surface area (TPSA) is 72.5 Å². The van der Waals surface area contributed by atoms with Crippen molar-refractivity contribution in [2.45, 2.75) is 25.2 Å². The van der Waals surface area contributed by atoms with Crippen molar-refractivity contribution < 1.29 is 13.9 Å². The van der Waals surface area contributed by atoms with Crippen LogP contribution < -0.4 is 10.4 Å². The summed E-state index contributed by atoms with van der Waals surface area (Å²) in [5, 5.41) is 13.2. The lowest BCUT2D eigenvalue weighted by Gasteiger charge is -2.45. The van der Waals surface area contributed by atoms with E-state index in [9.17, 15) is 10.1 Å². The number of hydrogen-bond acceptors (Lipinski definition) is 6. The molecule has 0 N–H and O–H groups in total. The van der Waals surface area contributed by atoms with Gasteiger partial charge in [-0.1, -0.05) is 6.07 Å². The quantitative estimate of drug-likeness (QED) is 0.658. The highest BCUT2D eigenvalue weighted by Crippen LogP contribution is 2.51. The van der Waals surface area contributed by atoms with Crippen LogP contribution in [0.15, 0.2) is 50.3 Å². The number of benzene rings is 1. The minimum atomic E-state index is -1.01. The van der Waals surface area contributed by atoms with Crippen molar-refractivity contribution in [1.82, 2.24) is 0 Å². The maximum Gasteiger partial charge on any atom is 0.345 e. The highest BCUT2D eigenvalue weighted by Gasteiger charge is 2.50. The summed E-state index contributed by atoms with van der Waals surface area (Å²) in [5.41, 5.74) is 3.19. The number of hydrogen-bond donors (Lipinski definition) is 0. The van der Waals surface area contributed by atoms with E-state index in [2.05, 4.69) is 6.07 Å². The summed E-state index contributed by atoms with van der Waals surface area (Å²) in [6.45, 7) is 1.72. The number of fused-ring (bicyclic) bond motifs is 6. The summed E-state index contributed by atoms with van der Waals surface area (Å²) in [4.78, 5) is 12.5. The Bertz CT molecular complexity index is 1130. The molecule has 6 heteroatoms. The summed E-state index contributed by atoms with van der Waals surface area (Å²) >= 11 is 1.56. The van der Waals surface area contributed by atoms with Gasteiger partial charge in [0.25, 0.3) is 0 Å². The van der Waals surface area contributed by atoms with Gasteiger partial charge in [0.2, 0.25) is 5.79 Å². The van der Waals surface area contributed by atoms with Crippen LogP contribution in [0.4, 0.5) is 0 Å². The van der Waals surface area contributed by atoms with E-state index in [1.54, 1.807) is 30.4 Å². The highest BCUT2D eigenvalue weighted by molar-refractivity contribution is 7.08. The maximum atomic E-state index is 12.5. The zero-order valence-corrected chi connectivity index (χ0v) is 14.6. The lowest BCUT2D eigenvalue weighted by atomic mass is 9.85. The number of ether oxygens (including phenoxy) is 2. The van der Waals surface area contributed by atoms with Gasteiger partial charge in [0.15, 0.2) is 0 Å². The molecule has 0 amide bonds. The number of rotatable bonds is 1. The van der Waals surface area contributed by atoms with E-state index in [0.29, 0.717) is 29.1 Å². The van der Waals surface area contributed by atoms with Crippen LogP contribution in [0.5, 0.6) is 5.75 Å². The Balaban J connectivity index is 1.81. The fourth-order valence-corrected chi connectivity index (χ4v) is 4.42. The van der Waals surface area contributed by atoms with Crippen LogP contribution in [0.1, 0.15) is 39.7 Å². The summed E-state index contributed by atoms with van der Waals surface area (Å²) in [6.07, 6.45) is -0.129. The van der Waals surface area contributed by atoms with Crippen molar-refractivity contribution in [2.75, 3.05) is 0 Å². The largest absolute Gasteiger partial charge is 0.457 e. The van der Waals surface area contributed by atoms with Crippen LogP contribution in [-0.2, 0) is 16.9 Å². The Morgan fingerprint density at radius 3 is 2.96 bits per heavy atom. The van der Waals surface area contributed by atoms with Crippen molar-refractivity contribution >= 4 is 11.3 Å². The summed E-state index contributed by atoms with van der Waals surface area (Å²) < 4.78 is 17.9. The fourth-order valence-electron chi connectivity index (χ4n) is 3.71. The second-order valence-electron chi connectivity index (χ2n) is 6.49. The zero-order chi connectivity index (χ0) is 17.9. The molecule has 5 rings (SSSR count). The van der Waals surface area contributed by atoms with Crippen LogP contribution >= 0.6 is 11.3 Å². The van der Waals surface area contributed by atoms with E-state index in [1.165, 1.54) is 0 Å². The molecule has 26 heavy (non-hydrogen) atoms. The summed E-state index contributed by atoms with van der Waals surface area (Å²) in [5.74, 6) is -0.0237. The Kier molecular flexibility index (Phi) is 3.14. The van der Waals surface area contributed by atoms with E-state index in [1.807, 2.05) is 29.0 Å². The van der Waals surface area contributed by atoms with Crippen molar-refractivity contribution in [3.8, 4) is 11.8 Å². The van der Waals surface area contributed by atoms with E-state index >= 15 is 0 Å². The van der Waals surface area contributed by atoms with Gasteiger partial charge in [-0.3, -0.25) is 0 Å². The van der Waals surface area contributed by atoms with Gasteiger partial charge in [-0.2, -0.15) is 16.6 Å². The van der Waals surface area contributed by atoms with Gasteiger partial charge >= 0.3 is 5.63 Å². The lowest BCUT2D eigenvalue weighted by Crippen LogP contribution is -2.47. The van der Waals surface area contributed by atoms with Crippen molar-refractivity contribution in [1.29, 1.82) is 5.26 Å². The third kappa shape index (κ3) is 2.08. The molecular formula is C20H13NO4S. The molecule has 2 aliphatic rings. The third-order valence-electron chi connectivity index (χ3n) is 4.86. The molecule has 0 saturated carbocycles. The van der Waals surface area contributed by atoms with Gasteiger partial charge in [0.05, 0.1) is 11.6 Å². The molecule has 3 aromatic rings. The molecule has 2 aliphatic heterocycles. The van der Waals surface area contributed by atoms with Gasteiger partial charge in [0, 0.05) is 23.4 Å². The molecule has 2 aromatic heterocycles. The average Bonchev–Trinajstić information content (AvgIpc) is 3.15. The van der Waals surface area contributed by atoms with Gasteiger partial charge in [0.1, 0.15) is 23.2 Å². The van der Waals surface area contributed by atoms with Crippen molar-refractivity contribution in [3.05, 3.63) is 85.1 Å². The van der Waals surface area contributed by atoms with Crippen LogP contribution in [0.25, 0.3) is 0 Å². The van der Waals surface area contributed by atoms with Crippen LogP contribution in [0, 0.1) is 18.3 Å². The first-order valence-corrected chi connectivity index (χ1v) is 9.11. The van der Waals surface area contributed by atoms with E-state index in [4.69, 9.17) is 13.9 Å². The maximum absolute atomic E-state index is 12.5. The highest BCUT2D eigenvalue weighted by atomic mass is 32.1. The Hall–Kier alpha value is -2.88. The fraction of sp³-hybridized carbons (Fsp3) is 0.200. The minimum absolute atomic E-state index is 0.368. The van der Waals surface area contributed by atoms with Crippen molar-refractivity contribution in [3.63, 3.8) is 0 Å². The normalized spacial score (nSPS) is 22.7. The lowest BCUT2D eigenvalue weighted by molar-refractivity contribution is -0.238. The molecular weight excluding hydrogens is 350 g/mol. The Morgan fingerprint density at radius 1 is 1.31 bits per heavy atom. The molecule has 0 fully saturated rings. The molecule has 2 atom stereocenters. The Labute approximate surface area is 153 Å². The van der Waals surface area contributed by atoms with E-state index in [0.717, 1.165) is 16.7 Å². The van der Waals surface area contributed by atoms with Gasteiger partial charge < -0.3 is 13.9 Å². The second-order valence-corrected chi connectivity index (χ2v) is 7.27. The molecule has 2 bridgehead atoms. The molecule has 4 heterocycles. The second kappa shape index (κ2) is 5.31. The average molecular weight is 363 g/mol. The smallest absolute Gasteiger partial charge is 0.345 e. The molecule has 1 aromatic carbocycles. The standard InChI is InChI=1S/C20H13NO4S/c1-11-6-16-17(19(22)23-11)18-15-3-2-12(9-21)7-13(15)8-20(24-16,25-18)14-4-5-26-10-14/h2-7,10,18H,8H2,1H3/t18?,20-/m0/s1. The molecule has 0 aliphatic carbocycles. The first-order valence-electron chi connectivity index (χ1n) is 8.17. The number of aryl methyl sites for hydroxylation is 1. The molecule has 128 valence electrons. The number of thiophene rings is 1.